The highest BCUT2D eigenvalue weighted by Gasteiger charge is 2.25. The van der Waals surface area contributed by atoms with Crippen molar-refractivity contribution in [2.24, 2.45) is 0 Å². The lowest BCUT2D eigenvalue weighted by Gasteiger charge is -2.36. The fraction of sp³-hybridized carbons (Fsp3) is 0.529. The van der Waals surface area contributed by atoms with Gasteiger partial charge in [0.15, 0.2) is 11.5 Å². The average molecular weight is 290 g/mol. The summed E-state index contributed by atoms with van der Waals surface area (Å²) < 4.78 is 11.1. The molecule has 1 aromatic carbocycles. The highest BCUT2D eigenvalue weighted by Crippen LogP contribution is 2.38. The second-order valence-corrected chi connectivity index (χ2v) is 5.25. The van der Waals surface area contributed by atoms with Gasteiger partial charge in [0, 0.05) is 37.8 Å². The zero-order valence-electron chi connectivity index (χ0n) is 13.1. The van der Waals surface area contributed by atoms with Gasteiger partial charge in [0.05, 0.1) is 14.2 Å². The number of piperazine rings is 1. The summed E-state index contributed by atoms with van der Waals surface area (Å²) in [5.41, 5.74) is 1.21. The molecule has 1 fully saturated rings. The van der Waals surface area contributed by atoms with Crippen molar-refractivity contribution in [3.8, 4) is 11.5 Å². The van der Waals surface area contributed by atoms with Gasteiger partial charge >= 0.3 is 0 Å². The van der Waals surface area contributed by atoms with E-state index in [0.717, 1.165) is 50.5 Å². The summed E-state index contributed by atoms with van der Waals surface area (Å²) in [6, 6.07) is 6.48. The van der Waals surface area contributed by atoms with Crippen molar-refractivity contribution in [1.29, 1.82) is 0 Å². The molecule has 0 radical (unpaired) electrons. The molecule has 0 bridgehead atoms. The third-order valence-electron chi connectivity index (χ3n) is 4.03. The van der Waals surface area contributed by atoms with Gasteiger partial charge in [0.1, 0.15) is 0 Å². The van der Waals surface area contributed by atoms with Crippen molar-refractivity contribution in [3.05, 3.63) is 36.4 Å². The third-order valence-corrected chi connectivity index (χ3v) is 4.03. The number of hydrogen-bond donors (Lipinski definition) is 1. The molecule has 1 atom stereocenters. The number of hydrogen-bond acceptors (Lipinski definition) is 4. The monoisotopic (exact) mass is 290 g/mol. The number of benzene rings is 1. The molecule has 1 aliphatic heterocycles. The van der Waals surface area contributed by atoms with E-state index in [0.29, 0.717) is 6.04 Å². The summed E-state index contributed by atoms with van der Waals surface area (Å²) in [6.45, 7) is 8.05. The minimum absolute atomic E-state index is 0.343. The van der Waals surface area contributed by atoms with Crippen LogP contribution in [0.1, 0.15) is 24.4 Å². The van der Waals surface area contributed by atoms with Gasteiger partial charge in [-0.05, 0) is 18.9 Å². The van der Waals surface area contributed by atoms with Crippen LogP contribution in [0.3, 0.4) is 0 Å². The first-order valence-corrected chi connectivity index (χ1v) is 7.58. The van der Waals surface area contributed by atoms with E-state index in [2.05, 4.69) is 22.9 Å². The predicted molar refractivity (Wildman–Crippen MR) is 86.2 cm³/mol. The molecule has 0 spiro atoms. The molecule has 0 unspecified atom stereocenters. The van der Waals surface area contributed by atoms with E-state index in [-0.39, 0.29) is 0 Å². The Bertz CT molecular complexity index is 456. The second-order valence-electron chi connectivity index (χ2n) is 5.25. The lowest BCUT2D eigenvalue weighted by atomic mass is 9.98. The van der Waals surface area contributed by atoms with Crippen LogP contribution >= 0.6 is 0 Å². The highest BCUT2D eigenvalue weighted by atomic mass is 16.5. The summed E-state index contributed by atoms with van der Waals surface area (Å²) in [5, 5.41) is 3.41. The van der Waals surface area contributed by atoms with E-state index in [9.17, 15) is 0 Å². The van der Waals surface area contributed by atoms with Gasteiger partial charge in [0.2, 0.25) is 0 Å². The van der Waals surface area contributed by atoms with Crippen LogP contribution in [0.4, 0.5) is 0 Å². The number of allylic oxidation sites excluding steroid dienone is 1. The Balaban J connectivity index is 2.32. The smallest absolute Gasteiger partial charge is 0.165 e. The Morgan fingerprint density at radius 3 is 2.67 bits per heavy atom. The van der Waals surface area contributed by atoms with E-state index in [4.69, 9.17) is 9.47 Å². The topological polar surface area (TPSA) is 33.7 Å². The second kappa shape index (κ2) is 8.05. The van der Waals surface area contributed by atoms with Gasteiger partial charge in [-0.1, -0.05) is 18.2 Å². The maximum absolute atomic E-state index is 5.63. The van der Waals surface area contributed by atoms with Gasteiger partial charge in [0.25, 0.3) is 0 Å². The van der Waals surface area contributed by atoms with Gasteiger partial charge < -0.3 is 14.8 Å². The third kappa shape index (κ3) is 3.77. The number of nitrogens with zero attached hydrogens (tertiary/aromatic N) is 1. The first-order valence-electron chi connectivity index (χ1n) is 7.58. The quantitative estimate of drug-likeness (QED) is 0.783. The first-order chi connectivity index (χ1) is 10.3. The van der Waals surface area contributed by atoms with Crippen LogP contribution in [0.15, 0.2) is 30.9 Å². The number of methoxy groups -OCH3 is 2. The number of rotatable bonds is 7. The molecule has 0 saturated carbocycles. The van der Waals surface area contributed by atoms with Crippen LogP contribution in [0.2, 0.25) is 0 Å². The molecule has 1 saturated heterocycles. The van der Waals surface area contributed by atoms with Gasteiger partial charge in [-0.25, -0.2) is 0 Å². The average Bonchev–Trinajstić information content (AvgIpc) is 2.55. The summed E-state index contributed by atoms with van der Waals surface area (Å²) in [4.78, 5) is 2.53. The molecule has 1 aliphatic rings. The zero-order valence-corrected chi connectivity index (χ0v) is 13.1. The van der Waals surface area contributed by atoms with Crippen molar-refractivity contribution in [2.45, 2.75) is 18.9 Å². The Hall–Kier alpha value is -1.52. The Labute approximate surface area is 127 Å². The molecule has 21 heavy (non-hydrogen) atoms. The van der Waals surface area contributed by atoms with E-state index >= 15 is 0 Å². The van der Waals surface area contributed by atoms with E-state index in [1.54, 1.807) is 14.2 Å². The minimum Gasteiger partial charge on any atom is -0.493 e. The molecule has 0 aromatic heterocycles. The van der Waals surface area contributed by atoms with Crippen molar-refractivity contribution in [2.75, 3.05) is 40.4 Å². The Morgan fingerprint density at radius 2 is 2.05 bits per heavy atom. The molecule has 1 heterocycles. The van der Waals surface area contributed by atoms with Crippen LogP contribution in [0.5, 0.6) is 11.5 Å². The van der Waals surface area contributed by atoms with E-state index in [1.807, 2.05) is 18.2 Å². The van der Waals surface area contributed by atoms with Crippen molar-refractivity contribution >= 4 is 0 Å². The molecule has 4 nitrogen and oxygen atoms in total. The molecular formula is C17H26N2O2. The SMILES string of the molecule is C=CCC[C@H](c1cccc(OC)c1OC)N1CCNCC1. The van der Waals surface area contributed by atoms with Crippen molar-refractivity contribution in [3.63, 3.8) is 0 Å². The molecule has 1 aromatic rings. The molecule has 0 amide bonds. The Kier molecular flexibility index (Phi) is 6.08. The minimum atomic E-state index is 0.343. The van der Waals surface area contributed by atoms with Crippen molar-refractivity contribution < 1.29 is 9.47 Å². The summed E-state index contributed by atoms with van der Waals surface area (Å²) in [7, 11) is 3.40. The first kappa shape index (κ1) is 15.9. The molecule has 0 aliphatic carbocycles. The molecule has 1 N–H and O–H groups in total. The summed E-state index contributed by atoms with van der Waals surface area (Å²) >= 11 is 0. The largest absolute Gasteiger partial charge is 0.493 e. The number of ether oxygens (including phenoxy) is 2. The van der Waals surface area contributed by atoms with E-state index < -0.39 is 0 Å². The number of nitrogens with one attached hydrogen (secondary N) is 1. The fourth-order valence-electron chi connectivity index (χ4n) is 2.98. The maximum Gasteiger partial charge on any atom is 0.165 e. The standard InChI is InChI=1S/C17H26N2O2/c1-4-5-8-15(19-12-10-18-11-13-19)14-7-6-9-16(20-2)17(14)21-3/h4,6-7,9,15,18H,1,5,8,10-13H2,2-3H3/t15-/m1/s1. The van der Waals surface area contributed by atoms with Gasteiger partial charge in [-0.2, -0.15) is 0 Å². The van der Waals surface area contributed by atoms with Gasteiger partial charge in [-0.3, -0.25) is 4.90 Å². The van der Waals surface area contributed by atoms with Crippen LogP contribution in [-0.4, -0.2) is 45.3 Å². The molecule has 116 valence electrons. The lowest BCUT2D eigenvalue weighted by Crippen LogP contribution is -2.45. The van der Waals surface area contributed by atoms with Crippen LogP contribution in [-0.2, 0) is 0 Å². The normalized spacial score (nSPS) is 17.2. The van der Waals surface area contributed by atoms with Crippen LogP contribution in [0.25, 0.3) is 0 Å². The van der Waals surface area contributed by atoms with Crippen LogP contribution < -0.4 is 14.8 Å². The summed E-state index contributed by atoms with van der Waals surface area (Å²) in [6.07, 6.45) is 4.03. The predicted octanol–water partition coefficient (Wildman–Crippen LogP) is 2.62. The van der Waals surface area contributed by atoms with Crippen LogP contribution in [0, 0.1) is 0 Å². The lowest BCUT2D eigenvalue weighted by molar-refractivity contribution is 0.163. The highest BCUT2D eigenvalue weighted by molar-refractivity contribution is 5.48. The Morgan fingerprint density at radius 1 is 1.29 bits per heavy atom. The fourth-order valence-corrected chi connectivity index (χ4v) is 2.98. The van der Waals surface area contributed by atoms with Crippen molar-refractivity contribution in [1.82, 2.24) is 10.2 Å². The van der Waals surface area contributed by atoms with Gasteiger partial charge in [-0.15, -0.1) is 6.58 Å². The number of para-hydroxylation sites is 1. The molecular weight excluding hydrogens is 264 g/mol. The summed E-state index contributed by atoms with van der Waals surface area (Å²) in [5.74, 6) is 1.65. The zero-order chi connectivity index (χ0) is 15.1. The maximum atomic E-state index is 5.63. The van der Waals surface area contributed by atoms with E-state index in [1.165, 1.54) is 5.56 Å². The molecule has 2 rings (SSSR count). The molecule has 4 heteroatoms.